The van der Waals surface area contributed by atoms with Crippen molar-refractivity contribution in [1.82, 2.24) is 15.5 Å². The average molecular weight is 564 g/mol. The molecule has 0 aliphatic heterocycles. The van der Waals surface area contributed by atoms with Crippen molar-refractivity contribution in [2.45, 2.75) is 117 Å². The van der Waals surface area contributed by atoms with Gasteiger partial charge in [0.1, 0.15) is 12.1 Å². The maximum Gasteiger partial charge on any atom is 0.302 e. The van der Waals surface area contributed by atoms with E-state index in [0.29, 0.717) is 44.4 Å². The molecule has 230 valence electrons. The van der Waals surface area contributed by atoms with E-state index in [4.69, 9.17) is 4.74 Å². The van der Waals surface area contributed by atoms with Crippen molar-refractivity contribution in [3.8, 4) is 0 Å². The number of likely N-dealkylation sites (N-methyl/N-ethyl adjacent to an activating group) is 2. The van der Waals surface area contributed by atoms with Crippen LogP contribution >= 0.6 is 0 Å². The van der Waals surface area contributed by atoms with Crippen LogP contribution in [0.5, 0.6) is 0 Å². The maximum atomic E-state index is 13.2. The molecule has 0 saturated carbocycles. The quantitative estimate of drug-likeness (QED) is 0.110. The summed E-state index contributed by atoms with van der Waals surface area (Å²) in [6, 6.07) is -1.34. The van der Waals surface area contributed by atoms with Gasteiger partial charge in [0, 0.05) is 19.8 Å². The summed E-state index contributed by atoms with van der Waals surface area (Å²) in [5, 5.41) is 6.02. The lowest BCUT2D eigenvalue weighted by atomic mass is 9.89. The van der Waals surface area contributed by atoms with Crippen molar-refractivity contribution >= 4 is 23.4 Å². The summed E-state index contributed by atoms with van der Waals surface area (Å²) in [6.07, 6.45) is 10.2. The Kier molecular flexibility index (Phi) is 19.3. The van der Waals surface area contributed by atoms with Gasteiger partial charge < -0.3 is 15.4 Å². The Morgan fingerprint density at radius 3 is 1.95 bits per heavy atom. The van der Waals surface area contributed by atoms with E-state index in [1.807, 2.05) is 51.9 Å². The summed E-state index contributed by atoms with van der Waals surface area (Å²) in [5.41, 5.74) is 0. The third kappa shape index (κ3) is 14.9. The van der Waals surface area contributed by atoms with E-state index in [1.54, 1.807) is 13.1 Å². The summed E-state index contributed by atoms with van der Waals surface area (Å²) >= 11 is 0. The summed E-state index contributed by atoms with van der Waals surface area (Å²) in [6.45, 7) is 15.1. The van der Waals surface area contributed by atoms with Crippen molar-refractivity contribution in [1.29, 1.82) is 0 Å². The fourth-order valence-corrected chi connectivity index (χ4v) is 4.93. The topological polar surface area (TPSA) is 105 Å². The van der Waals surface area contributed by atoms with Gasteiger partial charge in [-0.25, -0.2) is 0 Å². The number of amides is 1. The molecule has 8 heteroatoms. The second-order valence-corrected chi connectivity index (χ2v) is 11.9. The third-order valence-electron chi connectivity index (χ3n) is 7.12. The van der Waals surface area contributed by atoms with E-state index in [1.165, 1.54) is 6.92 Å². The monoisotopic (exact) mass is 563 g/mol. The van der Waals surface area contributed by atoms with Crippen molar-refractivity contribution in [2.75, 3.05) is 21.1 Å². The number of nitrogens with one attached hydrogen (secondary N) is 2. The van der Waals surface area contributed by atoms with Gasteiger partial charge >= 0.3 is 5.97 Å². The van der Waals surface area contributed by atoms with E-state index in [0.717, 1.165) is 12.8 Å². The number of ether oxygens (including phenoxy) is 1. The molecule has 0 aliphatic rings. The Hall–Kier alpha value is -2.32. The van der Waals surface area contributed by atoms with Gasteiger partial charge in [-0.15, -0.1) is 0 Å². The number of unbranched alkanes of at least 4 members (excludes halogenated alkanes) is 3. The van der Waals surface area contributed by atoms with Crippen LogP contribution in [0.15, 0.2) is 24.8 Å². The minimum Gasteiger partial charge on any atom is -0.460 e. The first-order valence-corrected chi connectivity index (χ1v) is 14.9. The van der Waals surface area contributed by atoms with Crippen LogP contribution < -0.4 is 10.6 Å². The largest absolute Gasteiger partial charge is 0.460 e. The van der Waals surface area contributed by atoms with Crippen molar-refractivity contribution in [3.63, 3.8) is 0 Å². The van der Waals surface area contributed by atoms with Gasteiger partial charge in [-0.05, 0) is 64.6 Å². The van der Waals surface area contributed by atoms with Gasteiger partial charge in [-0.3, -0.25) is 24.1 Å². The molecule has 0 spiro atoms. The summed E-state index contributed by atoms with van der Waals surface area (Å²) in [5.74, 6) is -0.0858. The highest BCUT2D eigenvalue weighted by molar-refractivity contribution is 5.91. The van der Waals surface area contributed by atoms with Gasteiger partial charge in [-0.2, -0.15) is 0 Å². The Morgan fingerprint density at radius 1 is 0.925 bits per heavy atom. The zero-order valence-corrected chi connectivity index (χ0v) is 26.6. The Balaban J connectivity index is 4.90. The van der Waals surface area contributed by atoms with E-state index >= 15 is 0 Å². The molecule has 0 aliphatic carbocycles. The van der Waals surface area contributed by atoms with Crippen LogP contribution in [0.3, 0.4) is 0 Å². The number of allylic oxidation sites excluding steroid dienone is 3. The molecule has 8 nitrogen and oxygen atoms in total. The summed E-state index contributed by atoms with van der Waals surface area (Å²) in [4.78, 5) is 52.6. The van der Waals surface area contributed by atoms with Crippen molar-refractivity contribution < 1.29 is 23.9 Å². The first-order chi connectivity index (χ1) is 18.8. The minimum atomic E-state index is -0.543. The molecule has 0 aromatic carbocycles. The lowest BCUT2D eigenvalue weighted by Gasteiger charge is -2.34. The van der Waals surface area contributed by atoms with Crippen LogP contribution in [0, 0.1) is 17.8 Å². The molecule has 2 N–H and O–H groups in total. The normalized spacial score (nSPS) is 15.6. The number of ketones is 2. The molecular weight excluding hydrogens is 506 g/mol. The highest BCUT2D eigenvalue weighted by atomic mass is 16.5. The van der Waals surface area contributed by atoms with Crippen LogP contribution in [-0.2, 0) is 23.9 Å². The highest BCUT2D eigenvalue weighted by Gasteiger charge is 2.35. The molecule has 1 amide bonds. The van der Waals surface area contributed by atoms with Gasteiger partial charge in [0.2, 0.25) is 5.91 Å². The standard InChI is InChI=1S/C32H57N3O5/c1-11-12-15-18-24(6)31(40-25(7)36)30(35(9)10)28(38)20-17-14-13-16-19-27(37)29(23(4)5)34-32(39)26(33-8)21-22(2)3/h11-12,15,22-24,26,29-31,33H,1,13-14,16-21H2,2-10H3,(H,34,39)/b15-12+/t24-,26+,29+,30-,31+/m1/s1. The van der Waals surface area contributed by atoms with E-state index < -0.39 is 24.2 Å². The highest BCUT2D eigenvalue weighted by Crippen LogP contribution is 2.22. The summed E-state index contributed by atoms with van der Waals surface area (Å²) in [7, 11) is 5.44. The number of Topliss-reactive ketones (excluding diaryl/α,β-unsaturated/α-hetero) is 2. The lowest BCUT2D eigenvalue weighted by molar-refractivity contribution is -0.155. The fourth-order valence-electron chi connectivity index (χ4n) is 4.93. The molecule has 0 aromatic heterocycles. The number of hydrogen-bond acceptors (Lipinski definition) is 7. The minimum absolute atomic E-state index is 0.00779. The number of nitrogens with zero attached hydrogens (tertiary/aromatic N) is 1. The van der Waals surface area contributed by atoms with Gasteiger partial charge in [0.15, 0.2) is 11.6 Å². The smallest absolute Gasteiger partial charge is 0.302 e. The second-order valence-electron chi connectivity index (χ2n) is 11.9. The molecule has 0 bridgehead atoms. The molecule has 0 aromatic rings. The SMILES string of the molecule is C=C/C=C/C[C@@H](C)[C@H](OC(C)=O)[C@@H](C(=O)CCCCCCC(=O)[C@@H](NC(=O)[C@H](CC(C)C)NC)C(C)C)N(C)C. The Morgan fingerprint density at radius 2 is 1.50 bits per heavy atom. The van der Waals surface area contributed by atoms with Gasteiger partial charge in [0.05, 0.1) is 12.1 Å². The van der Waals surface area contributed by atoms with Crippen molar-refractivity contribution in [2.24, 2.45) is 17.8 Å². The molecular formula is C32H57N3O5. The predicted molar refractivity (Wildman–Crippen MR) is 163 cm³/mol. The molecule has 40 heavy (non-hydrogen) atoms. The zero-order chi connectivity index (χ0) is 30.8. The molecule has 0 heterocycles. The first-order valence-electron chi connectivity index (χ1n) is 14.9. The van der Waals surface area contributed by atoms with E-state index in [-0.39, 0.29) is 35.4 Å². The van der Waals surface area contributed by atoms with Crippen LogP contribution in [0.4, 0.5) is 0 Å². The van der Waals surface area contributed by atoms with Gasteiger partial charge in [-0.1, -0.05) is 72.3 Å². The molecule has 0 unspecified atom stereocenters. The van der Waals surface area contributed by atoms with Crippen LogP contribution in [-0.4, -0.2) is 73.7 Å². The predicted octanol–water partition coefficient (Wildman–Crippen LogP) is 4.87. The molecule has 5 atom stereocenters. The van der Waals surface area contributed by atoms with Crippen LogP contribution in [0.2, 0.25) is 0 Å². The molecule has 0 fully saturated rings. The number of carbonyl (C=O) groups excluding carboxylic acids is 4. The van der Waals surface area contributed by atoms with Crippen molar-refractivity contribution in [3.05, 3.63) is 24.8 Å². The second kappa shape index (κ2) is 20.5. The molecule has 0 rings (SSSR count). The Bertz CT molecular complexity index is 821. The summed E-state index contributed by atoms with van der Waals surface area (Å²) < 4.78 is 5.64. The van der Waals surface area contributed by atoms with Crippen LogP contribution in [0.25, 0.3) is 0 Å². The average Bonchev–Trinajstić information content (AvgIpc) is 2.86. The number of carbonyl (C=O) groups is 4. The van der Waals surface area contributed by atoms with Gasteiger partial charge in [0.25, 0.3) is 0 Å². The van der Waals surface area contributed by atoms with Crippen LogP contribution in [0.1, 0.15) is 92.9 Å². The number of rotatable bonds is 22. The number of esters is 1. The lowest BCUT2D eigenvalue weighted by Crippen LogP contribution is -2.51. The first kappa shape index (κ1) is 37.7. The van der Waals surface area contributed by atoms with E-state index in [2.05, 4.69) is 31.1 Å². The van der Waals surface area contributed by atoms with E-state index in [9.17, 15) is 19.2 Å². The maximum absolute atomic E-state index is 13.2. The zero-order valence-electron chi connectivity index (χ0n) is 26.6. The fraction of sp³-hybridized carbons (Fsp3) is 0.750. The third-order valence-corrected chi connectivity index (χ3v) is 7.12. The molecule has 0 saturated heterocycles. The molecule has 0 radical (unpaired) electrons. The Labute approximate surface area is 243 Å². The number of hydrogen-bond donors (Lipinski definition) is 2.